The van der Waals surface area contributed by atoms with Crippen molar-refractivity contribution in [2.75, 3.05) is 11.9 Å². The van der Waals surface area contributed by atoms with Crippen molar-refractivity contribution in [1.29, 1.82) is 0 Å². The molecule has 1 aliphatic heterocycles. The number of piperidine rings is 1. The lowest BCUT2D eigenvalue weighted by Gasteiger charge is -2.37. The molecule has 0 saturated carbocycles. The van der Waals surface area contributed by atoms with Crippen LogP contribution < -0.4 is 10.6 Å². The van der Waals surface area contributed by atoms with Gasteiger partial charge >= 0.3 is 0 Å². The number of anilines is 1. The van der Waals surface area contributed by atoms with Crippen LogP contribution in [0, 0.1) is 0 Å². The lowest BCUT2D eigenvalue weighted by molar-refractivity contribution is 0.204. The Bertz CT molecular complexity index is 634. The van der Waals surface area contributed by atoms with Crippen molar-refractivity contribution >= 4 is 33.0 Å². The molecule has 0 radical (unpaired) electrons. The summed E-state index contributed by atoms with van der Waals surface area (Å²) >= 11 is 5.13. The van der Waals surface area contributed by atoms with E-state index in [1.807, 2.05) is 20.8 Å². The minimum atomic E-state index is -3.46. The summed E-state index contributed by atoms with van der Waals surface area (Å²) in [7, 11) is -3.46. The van der Waals surface area contributed by atoms with Gasteiger partial charge in [0.05, 0.1) is 4.90 Å². The van der Waals surface area contributed by atoms with E-state index in [4.69, 9.17) is 12.2 Å². The fraction of sp³-hybridized carbons (Fsp3) is 0.562. The van der Waals surface area contributed by atoms with Crippen LogP contribution in [0.5, 0.6) is 0 Å². The van der Waals surface area contributed by atoms with Crippen LogP contribution >= 0.6 is 12.2 Å². The van der Waals surface area contributed by atoms with Crippen LogP contribution in [0.15, 0.2) is 29.2 Å². The van der Waals surface area contributed by atoms with Gasteiger partial charge in [0.1, 0.15) is 0 Å². The number of thiocarbonyl (C=S) groups is 1. The molecule has 2 rings (SSSR count). The zero-order valence-electron chi connectivity index (χ0n) is 13.9. The quantitative estimate of drug-likeness (QED) is 0.813. The average Bonchev–Trinajstić information content (AvgIpc) is 2.47. The first kappa shape index (κ1) is 18.2. The lowest BCUT2D eigenvalue weighted by Crippen LogP contribution is -2.47. The van der Waals surface area contributed by atoms with E-state index in [-0.39, 0.29) is 12.1 Å². The Hall–Kier alpha value is -1.18. The smallest absolute Gasteiger partial charge is 0.243 e. The van der Waals surface area contributed by atoms with Gasteiger partial charge < -0.3 is 10.6 Å². The molecule has 128 valence electrons. The summed E-state index contributed by atoms with van der Waals surface area (Å²) in [6, 6.07) is 6.86. The number of hydrogen-bond donors (Lipinski definition) is 2. The highest BCUT2D eigenvalue weighted by Crippen LogP contribution is 2.29. The standard InChI is InChI=1S/C16H25N3O2S2/c1-4-17-16(22)18-14-8-10-15(11-9-14)23(20,21)19-12(2)6-5-7-13(19)3/h8-13H,4-7H2,1-3H3,(H2,17,18,22)/t12-,13+. The van der Waals surface area contributed by atoms with Crippen LogP contribution in [0.1, 0.15) is 40.0 Å². The predicted octanol–water partition coefficient (Wildman–Crippen LogP) is 2.94. The second-order valence-corrected chi connectivity index (χ2v) is 8.22. The third-order valence-corrected chi connectivity index (χ3v) is 6.53. The summed E-state index contributed by atoms with van der Waals surface area (Å²) in [5.41, 5.74) is 0.773. The number of nitrogens with zero attached hydrogens (tertiary/aromatic N) is 1. The molecular weight excluding hydrogens is 330 g/mol. The Balaban J connectivity index is 2.18. The molecule has 1 saturated heterocycles. The normalized spacial score (nSPS) is 22.6. The first-order chi connectivity index (χ1) is 10.9. The molecule has 1 heterocycles. The maximum Gasteiger partial charge on any atom is 0.243 e. The molecule has 0 spiro atoms. The van der Waals surface area contributed by atoms with Gasteiger partial charge in [-0.25, -0.2) is 8.42 Å². The van der Waals surface area contributed by atoms with Crippen molar-refractivity contribution < 1.29 is 8.42 Å². The topological polar surface area (TPSA) is 61.4 Å². The summed E-state index contributed by atoms with van der Waals surface area (Å²) < 4.78 is 27.5. The predicted molar refractivity (Wildman–Crippen MR) is 98.1 cm³/mol. The number of rotatable bonds is 4. The van der Waals surface area contributed by atoms with Crippen molar-refractivity contribution in [2.24, 2.45) is 0 Å². The SMILES string of the molecule is CCNC(=S)Nc1ccc(S(=O)(=O)N2[C@H](C)CCC[C@@H]2C)cc1. The summed E-state index contributed by atoms with van der Waals surface area (Å²) in [6.07, 6.45) is 2.92. The van der Waals surface area contributed by atoms with Crippen LogP contribution in [-0.2, 0) is 10.0 Å². The highest BCUT2D eigenvalue weighted by atomic mass is 32.2. The van der Waals surface area contributed by atoms with Gasteiger partial charge in [0.2, 0.25) is 10.0 Å². The van der Waals surface area contributed by atoms with Crippen LogP contribution in [0.2, 0.25) is 0 Å². The van der Waals surface area contributed by atoms with Gasteiger partial charge in [-0.1, -0.05) is 6.42 Å². The van der Waals surface area contributed by atoms with E-state index >= 15 is 0 Å². The van der Waals surface area contributed by atoms with E-state index in [0.717, 1.165) is 31.5 Å². The summed E-state index contributed by atoms with van der Waals surface area (Å²) in [6.45, 7) is 6.67. The molecule has 7 heteroatoms. The Labute approximate surface area is 144 Å². The maximum atomic E-state index is 12.9. The van der Waals surface area contributed by atoms with Gasteiger partial charge in [-0.05, 0) is 70.1 Å². The second kappa shape index (κ2) is 7.59. The third-order valence-electron chi connectivity index (χ3n) is 4.14. The lowest BCUT2D eigenvalue weighted by atomic mass is 10.0. The molecule has 1 aromatic carbocycles. The van der Waals surface area contributed by atoms with E-state index in [1.165, 1.54) is 0 Å². The van der Waals surface area contributed by atoms with Gasteiger partial charge in [0, 0.05) is 24.3 Å². The van der Waals surface area contributed by atoms with Crippen molar-refractivity contribution in [3.63, 3.8) is 0 Å². The van der Waals surface area contributed by atoms with Gasteiger partial charge in [-0.15, -0.1) is 0 Å². The number of nitrogens with one attached hydrogen (secondary N) is 2. The number of sulfonamides is 1. The molecule has 1 aliphatic rings. The molecule has 0 unspecified atom stereocenters. The first-order valence-electron chi connectivity index (χ1n) is 8.04. The average molecular weight is 356 g/mol. The molecule has 2 N–H and O–H groups in total. The van der Waals surface area contributed by atoms with Crippen LogP contribution in [-0.4, -0.2) is 36.5 Å². The van der Waals surface area contributed by atoms with Crippen LogP contribution in [0.4, 0.5) is 5.69 Å². The van der Waals surface area contributed by atoms with Crippen molar-refractivity contribution in [3.8, 4) is 0 Å². The Morgan fingerprint density at radius 3 is 2.30 bits per heavy atom. The summed E-state index contributed by atoms with van der Waals surface area (Å²) in [5, 5.41) is 6.56. The fourth-order valence-electron chi connectivity index (χ4n) is 3.04. The van der Waals surface area contributed by atoms with Crippen molar-refractivity contribution in [1.82, 2.24) is 9.62 Å². The molecule has 1 fully saturated rings. The van der Waals surface area contributed by atoms with Gasteiger partial charge in [0.15, 0.2) is 5.11 Å². The maximum absolute atomic E-state index is 12.9. The van der Waals surface area contributed by atoms with E-state index in [0.29, 0.717) is 10.0 Å². The Morgan fingerprint density at radius 1 is 1.22 bits per heavy atom. The van der Waals surface area contributed by atoms with Crippen LogP contribution in [0.3, 0.4) is 0 Å². The van der Waals surface area contributed by atoms with Crippen molar-refractivity contribution in [2.45, 2.75) is 57.0 Å². The summed E-state index contributed by atoms with van der Waals surface area (Å²) in [5.74, 6) is 0. The zero-order chi connectivity index (χ0) is 17.0. The molecule has 0 aromatic heterocycles. The Morgan fingerprint density at radius 2 is 1.78 bits per heavy atom. The minimum Gasteiger partial charge on any atom is -0.363 e. The number of hydrogen-bond acceptors (Lipinski definition) is 3. The molecule has 2 atom stereocenters. The molecule has 23 heavy (non-hydrogen) atoms. The van der Waals surface area contributed by atoms with Gasteiger partial charge in [-0.2, -0.15) is 4.31 Å². The highest BCUT2D eigenvalue weighted by molar-refractivity contribution is 7.89. The van der Waals surface area contributed by atoms with Gasteiger partial charge in [-0.3, -0.25) is 0 Å². The molecular formula is C16H25N3O2S2. The first-order valence-corrected chi connectivity index (χ1v) is 9.89. The van der Waals surface area contributed by atoms with E-state index in [9.17, 15) is 8.42 Å². The van der Waals surface area contributed by atoms with E-state index in [1.54, 1.807) is 28.6 Å². The monoisotopic (exact) mass is 355 g/mol. The van der Waals surface area contributed by atoms with E-state index in [2.05, 4.69) is 10.6 Å². The van der Waals surface area contributed by atoms with Gasteiger partial charge in [0.25, 0.3) is 0 Å². The van der Waals surface area contributed by atoms with E-state index < -0.39 is 10.0 Å². The highest BCUT2D eigenvalue weighted by Gasteiger charge is 2.35. The second-order valence-electron chi connectivity index (χ2n) is 5.97. The molecule has 5 nitrogen and oxygen atoms in total. The minimum absolute atomic E-state index is 0.0443. The molecule has 0 bridgehead atoms. The fourth-order valence-corrected chi connectivity index (χ4v) is 5.18. The Kier molecular flexibility index (Phi) is 6.00. The molecule has 0 aliphatic carbocycles. The zero-order valence-corrected chi connectivity index (χ0v) is 15.5. The van der Waals surface area contributed by atoms with Crippen molar-refractivity contribution in [3.05, 3.63) is 24.3 Å². The van der Waals surface area contributed by atoms with Crippen LogP contribution in [0.25, 0.3) is 0 Å². The summed E-state index contributed by atoms with van der Waals surface area (Å²) in [4.78, 5) is 0.331. The molecule has 1 aromatic rings. The largest absolute Gasteiger partial charge is 0.363 e. The third kappa shape index (κ3) is 4.22. The number of benzene rings is 1. The molecule has 0 amide bonds.